The number of amides is 1. The van der Waals surface area contributed by atoms with Crippen LogP contribution in [0.3, 0.4) is 0 Å². The van der Waals surface area contributed by atoms with Gasteiger partial charge in [-0.15, -0.1) is 10.2 Å². The Bertz CT molecular complexity index is 1140. The molecule has 2 heterocycles. The number of fused-ring (bicyclic) bond motifs is 1. The molecule has 144 valence electrons. The highest BCUT2D eigenvalue weighted by Gasteiger charge is 2.05. The van der Waals surface area contributed by atoms with Gasteiger partial charge in [-0.2, -0.15) is 0 Å². The first-order chi connectivity index (χ1) is 14.3. The van der Waals surface area contributed by atoms with Crippen LogP contribution in [0.2, 0.25) is 0 Å². The molecule has 0 spiro atoms. The molecule has 0 saturated heterocycles. The number of benzene rings is 2. The smallest absolute Gasteiger partial charge is 0.244 e. The highest BCUT2D eigenvalue weighted by Crippen LogP contribution is 2.16. The fourth-order valence-corrected chi connectivity index (χ4v) is 2.86. The second-order valence-electron chi connectivity index (χ2n) is 6.44. The van der Waals surface area contributed by atoms with E-state index in [4.69, 9.17) is 4.74 Å². The maximum Gasteiger partial charge on any atom is 0.244 e. The summed E-state index contributed by atoms with van der Waals surface area (Å²) in [5, 5.41) is 11.0. The van der Waals surface area contributed by atoms with E-state index in [1.54, 1.807) is 6.08 Å². The minimum Gasteiger partial charge on any atom is -0.489 e. The van der Waals surface area contributed by atoms with Crippen LogP contribution in [0.15, 0.2) is 85.1 Å². The quantitative estimate of drug-likeness (QED) is 0.494. The number of pyridine rings is 1. The number of carbonyl (C=O) groups is 1. The summed E-state index contributed by atoms with van der Waals surface area (Å²) >= 11 is 0. The molecular weight excluding hydrogens is 364 g/mol. The molecular formula is C23H20N4O2. The van der Waals surface area contributed by atoms with Crippen LogP contribution >= 0.6 is 0 Å². The zero-order chi connectivity index (χ0) is 19.9. The third-order valence-corrected chi connectivity index (χ3v) is 4.34. The Hall–Kier alpha value is -3.93. The van der Waals surface area contributed by atoms with E-state index in [1.165, 1.54) is 6.08 Å². The average Bonchev–Trinajstić information content (AvgIpc) is 3.19. The summed E-state index contributed by atoms with van der Waals surface area (Å²) in [6, 6.07) is 23.3. The number of nitrogens with one attached hydrogen (secondary N) is 1. The zero-order valence-corrected chi connectivity index (χ0v) is 15.7. The normalized spacial score (nSPS) is 11.0. The Balaban J connectivity index is 1.33. The highest BCUT2D eigenvalue weighted by atomic mass is 16.5. The van der Waals surface area contributed by atoms with Gasteiger partial charge in [0.05, 0.1) is 6.54 Å². The maximum atomic E-state index is 12.2. The van der Waals surface area contributed by atoms with Crippen LogP contribution in [0.5, 0.6) is 5.75 Å². The first kappa shape index (κ1) is 18.4. The molecule has 0 bridgehead atoms. The lowest BCUT2D eigenvalue weighted by Gasteiger charge is -2.07. The first-order valence-corrected chi connectivity index (χ1v) is 9.29. The van der Waals surface area contributed by atoms with E-state index in [2.05, 4.69) is 15.5 Å². The molecule has 2 aromatic carbocycles. The van der Waals surface area contributed by atoms with Gasteiger partial charge in [-0.1, -0.05) is 48.5 Å². The van der Waals surface area contributed by atoms with Crippen LogP contribution < -0.4 is 10.1 Å². The monoisotopic (exact) mass is 384 g/mol. The van der Waals surface area contributed by atoms with Crippen molar-refractivity contribution in [1.82, 2.24) is 19.9 Å². The lowest BCUT2D eigenvalue weighted by Crippen LogP contribution is -2.21. The zero-order valence-electron chi connectivity index (χ0n) is 15.7. The van der Waals surface area contributed by atoms with Crippen LogP contribution in [0.1, 0.15) is 17.0 Å². The molecule has 1 amide bonds. The van der Waals surface area contributed by atoms with Gasteiger partial charge >= 0.3 is 0 Å². The van der Waals surface area contributed by atoms with E-state index in [0.717, 1.165) is 22.5 Å². The van der Waals surface area contributed by atoms with Gasteiger partial charge in [-0.25, -0.2) is 0 Å². The van der Waals surface area contributed by atoms with E-state index < -0.39 is 0 Å². The van der Waals surface area contributed by atoms with Crippen molar-refractivity contribution in [2.24, 2.45) is 0 Å². The number of hydrogen-bond acceptors (Lipinski definition) is 4. The molecule has 1 N–H and O–H groups in total. The van der Waals surface area contributed by atoms with Gasteiger partial charge in [-0.3, -0.25) is 9.20 Å². The molecule has 0 radical (unpaired) electrons. The summed E-state index contributed by atoms with van der Waals surface area (Å²) in [7, 11) is 0. The largest absolute Gasteiger partial charge is 0.489 e. The second-order valence-corrected chi connectivity index (χ2v) is 6.44. The molecule has 0 aliphatic carbocycles. The summed E-state index contributed by atoms with van der Waals surface area (Å²) in [5.74, 6) is 1.23. The standard InChI is InChI=1S/C23H20N4O2/c28-23(24-16-22-26-25-21-11-4-5-14-27(21)22)13-12-18-9-6-10-20(15-18)29-17-19-7-2-1-3-8-19/h1-15H,16-17H2,(H,24,28). The lowest BCUT2D eigenvalue weighted by molar-refractivity contribution is -0.116. The number of carbonyl (C=O) groups excluding carboxylic acids is 1. The van der Waals surface area contributed by atoms with Gasteiger partial charge in [-0.05, 0) is 41.5 Å². The molecule has 6 heteroatoms. The summed E-state index contributed by atoms with van der Waals surface area (Å²) in [4.78, 5) is 12.2. The van der Waals surface area contributed by atoms with Crippen LogP contribution in [-0.4, -0.2) is 20.5 Å². The number of aromatic nitrogens is 3. The van der Waals surface area contributed by atoms with Gasteiger partial charge in [0.25, 0.3) is 0 Å². The molecule has 4 aromatic rings. The predicted octanol–water partition coefficient (Wildman–Crippen LogP) is 3.64. The summed E-state index contributed by atoms with van der Waals surface area (Å²) < 4.78 is 7.67. The molecule has 0 atom stereocenters. The Morgan fingerprint density at radius 1 is 1.00 bits per heavy atom. The van der Waals surface area contributed by atoms with E-state index >= 15 is 0 Å². The molecule has 29 heavy (non-hydrogen) atoms. The van der Waals surface area contributed by atoms with Crippen LogP contribution in [-0.2, 0) is 17.9 Å². The fraction of sp³-hybridized carbons (Fsp3) is 0.0870. The average molecular weight is 384 g/mol. The molecule has 6 nitrogen and oxygen atoms in total. The Kier molecular flexibility index (Phi) is 5.62. The van der Waals surface area contributed by atoms with E-state index in [-0.39, 0.29) is 5.91 Å². The topological polar surface area (TPSA) is 68.5 Å². The SMILES string of the molecule is O=C(C=Cc1cccc(OCc2ccccc2)c1)NCc1nnc2ccccn12. The molecule has 2 aromatic heterocycles. The van der Waals surface area contributed by atoms with Crippen molar-refractivity contribution in [1.29, 1.82) is 0 Å². The van der Waals surface area contributed by atoms with Gasteiger partial charge in [0.2, 0.25) is 5.91 Å². The van der Waals surface area contributed by atoms with Crippen molar-refractivity contribution >= 4 is 17.6 Å². The van der Waals surface area contributed by atoms with Crippen LogP contribution in [0, 0.1) is 0 Å². The number of nitrogens with zero attached hydrogens (tertiary/aromatic N) is 3. The summed E-state index contributed by atoms with van der Waals surface area (Å²) in [5.41, 5.74) is 2.74. The van der Waals surface area contributed by atoms with Crippen molar-refractivity contribution in [3.63, 3.8) is 0 Å². The number of rotatable bonds is 7. The van der Waals surface area contributed by atoms with Gasteiger partial charge in [0.1, 0.15) is 12.4 Å². The highest BCUT2D eigenvalue weighted by molar-refractivity contribution is 5.91. The summed E-state index contributed by atoms with van der Waals surface area (Å²) in [6.45, 7) is 0.801. The predicted molar refractivity (Wildman–Crippen MR) is 111 cm³/mol. The van der Waals surface area contributed by atoms with E-state index in [0.29, 0.717) is 19.0 Å². The number of ether oxygens (including phenoxy) is 1. The van der Waals surface area contributed by atoms with E-state index in [9.17, 15) is 4.79 Å². The summed E-state index contributed by atoms with van der Waals surface area (Å²) in [6.07, 6.45) is 5.12. The van der Waals surface area contributed by atoms with E-state index in [1.807, 2.05) is 83.4 Å². The minimum absolute atomic E-state index is 0.201. The van der Waals surface area contributed by atoms with Crippen molar-refractivity contribution in [2.75, 3.05) is 0 Å². The minimum atomic E-state index is -0.201. The molecule has 4 rings (SSSR count). The molecule has 0 aliphatic heterocycles. The Morgan fingerprint density at radius 3 is 2.76 bits per heavy atom. The van der Waals surface area contributed by atoms with Crippen LogP contribution in [0.25, 0.3) is 11.7 Å². The third-order valence-electron chi connectivity index (χ3n) is 4.34. The first-order valence-electron chi connectivity index (χ1n) is 9.29. The molecule has 0 fully saturated rings. The lowest BCUT2D eigenvalue weighted by atomic mass is 10.2. The van der Waals surface area contributed by atoms with Crippen molar-refractivity contribution in [3.05, 3.63) is 102 Å². The van der Waals surface area contributed by atoms with Crippen LogP contribution in [0.4, 0.5) is 0 Å². The Labute approximate surface area is 168 Å². The molecule has 0 saturated carbocycles. The second kappa shape index (κ2) is 8.84. The van der Waals surface area contributed by atoms with Gasteiger partial charge in [0, 0.05) is 12.3 Å². The van der Waals surface area contributed by atoms with Crippen molar-refractivity contribution in [2.45, 2.75) is 13.2 Å². The maximum absolute atomic E-state index is 12.2. The van der Waals surface area contributed by atoms with Gasteiger partial charge < -0.3 is 10.1 Å². The third kappa shape index (κ3) is 4.87. The molecule has 0 unspecified atom stereocenters. The molecule has 0 aliphatic rings. The van der Waals surface area contributed by atoms with Crippen molar-refractivity contribution < 1.29 is 9.53 Å². The number of hydrogen-bond donors (Lipinski definition) is 1. The van der Waals surface area contributed by atoms with Gasteiger partial charge in [0.15, 0.2) is 11.5 Å². The Morgan fingerprint density at radius 2 is 1.86 bits per heavy atom. The fourth-order valence-electron chi connectivity index (χ4n) is 2.86. The van der Waals surface area contributed by atoms with Crippen molar-refractivity contribution in [3.8, 4) is 5.75 Å².